The second kappa shape index (κ2) is 5.36. The topological polar surface area (TPSA) is 30.5 Å². The molecular weight excluding hydrogens is 315 g/mol. The van der Waals surface area contributed by atoms with Crippen LogP contribution in [-0.2, 0) is 0 Å². The van der Waals surface area contributed by atoms with E-state index >= 15 is 0 Å². The molecule has 18 heavy (non-hydrogen) atoms. The fourth-order valence-corrected chi connectivity index (χ4v) is 2.12. The van der Waals surface area contributed by atoms with Crippen LogP contribution < -0.4 is 14.8 Å². The molecule has 0 amide bonds. The Morgan fingerprint density at radius 2 is 2.11 bits per heavy atom. The molecule has 1 aromatic carbocycles. The van der Waals surface area contributed by atoms with Gasteiger partial charge in [0.05, 0.1) is 4.47 Å². The molecule has 1 atom stereocenters. The first-order chi connectivity index (χ1) is 8.44. The molecule has 100 valence electrons. The van der Waals surface area contributed by atoms with E-state index in [9.17, 15) is 13.2 Å². The van der Waals surface area contributed by atoms with Crippen LogP contribution in [0.15, 0.2) is 22.7 Å². The predicted octanol–water partition coefficient (Wildman–Crippen LogP) is 3.09. The van der Waals surface area contributed by atoms with Gasteiger partial charge in [-0.2, -0.15) is 0 Å². The summed E-state index contributed by atoms with van der Waals surface area (Å²) in [5, 5.41) is 3.14. The van der Waals surface area contributed by atoms with Crippen molar-refractivity contribution < 1.29 is 22.6 Å². The van der Waals surface area contributed by atoms with Gasteiger partial charge in [0.1, 0.15) is 17.6 Å². The lowest BCUT2D eigenvalue weighted by Gasteiger charge is -2.15. The van der Waals surface area contributed by atoms with E-state index in [4.69, 9.17) is 4.74 Å². The first-order valence-electron chi connectivity index (χ1n) is 5.37. The van der Waals surface area contributed by atoms with Crippen molar-refractivity contribution in [1.29, 1.82) is 0 Å². The van der Waals surface area contributed by atoms with Crippen molar-refractivity contribution in [3.05, 3.63) is 22.7 Å². The highest BCUT2D eigenvalue weighted by molar-refractivity contribution is 9.10. The Morgan fingerprint density at radius 1 is 1.33 bits per heavy atom. The monoisotopic (exact) mass is 325 g/mol. The first kappa shape index (κ1) is 13.5. The van der Waals surface area contributed by atoms with Crippen molar-refractivity contribution in [2.24, 2.45) is 0 Å². The molecule has 1 saturated heterocycles. The van der Waals surface area contributed by atoms with Crippen molar-refractivity contribution in [3.8, 4) is 11.5 Å². The smallest absolute Gasteiger partial charge is 0.489 e. The van der Waals surface area contributed by atoms with Gasteiger partial charge in [0.15, 0.2) is 0 Å². The zero-order valence-corrected chi connectivity index (χ0v) is 10.8. The number of ether oxygens (including phenoxy) is 2. The summed E-state index contributed by atoms with van der Waals surface area (Å²) in [6, 6.07) is 4.17. The number of alkyl halides is 3. The van der Waals surface area contributed by atoms with Crippen LogP contribution >= 0.6 is 15.9 Å². The summed E-state index contributed by atoms with van der Waals surface area (Å²) < 4.78 is 45.9. The molecule has 0 unspecified atom stereocenters. The zero-order valence-electron chi connectivity index (χ0n) is 9.26. The van der Waals surface area contributed by atoms with Gasteiger partial charge in [-0.15, -0.1) is 13.2 Å². The maximum absolute atomic E-state index is 12.1. The predicted molar refractivity (Wildman–Crippen MR) is 62.7 cm³/mol. The highest BCUT2D eigenvalue weighted by Gasteiger charge is 2.32. The average molecular weight is 326 g/mol. The molecule has 0 bridgehead atoms. The summed E-state index contributed by atoms with van der Waals surface area (Å²) in [6.07, 6.45) is -3.75. The normalized spacial score (nSPS) is 19.9. The number of benzene rings is 1. The second-order valence-corrected chi connectivity index (χ2v) is 4.73. The first-order valence-corrected chi connectivity index (χ1v) is 6.16. The lowest BCUT2D eigenvalue weighted by molar-refractivity contribution is -0.274. The van der Waals surface area contributed by atoms with E-state index in [1.165, 1.54) is 18.2 Å². The number of halogens is 4. The molecule has 7 heteroatoms. The summed E-state index contributed by atoms with van der Waals surface area (Å²) in [5.41, 5.74) is 0. The van der Waals surface area contributed by atoms with Crippen molar-refractivity contribution >= 4 is 15.9 Å². The quantitative estimate of drug-likeness (QED) is 0.926. The van der Waals surface area contributed by atoms with Gasteiger partial charge in [0, 0.05) is 6.54 Å². The van der Waals surface area contributed by atoms with E-state index in [2.05, 4.69) is 26.0 Å². The Hall–Kier alpha value is -0.950. The van der Waals surface area contributed by atoms with Gasteiger partial charge in [-0.25, -0.2) is 0 Å². The molecule has 1 N–H and O–H groups in total. The lowest BCUT2D eigenvalue weighted by Crippen LogP contribution is -2.20. The third kappa shape index (κ3) is 3.78. The fraction of sp³-hybridized carbons (Fsp3) is 0.455. The van der Waals surface area contributed by atoms with Crippen LogP contribution in [0.5, 0.6) is 11.5 Å². The van der Waals surface area contributed by atoms with Crippen LogP contribution in [0.25, 0.3) is 0 Å². The molecule has 0 saturated carbocycles. The Labute approximate surface area is 110 Å². The summed E-state index contributed by atoms with van der Waals surface area (Å²) in [5.74, 6) is 0.240. The van der Waals surface area contributed by atoms with Gasteiger partial charge in [-0.05, 0) is 47.1 Å². The third-order valence-electron chi connectivity index (χ3n) is 2.45. The molecule has 1 aromatic rings. The van der Waals surface area contributed by atoms with Crippen LogP contribution in [-0.4, -0.2) is 25.6 Å². The average Bonchev–Trinajstić information content (AvgIpc) is 2.73. The molecule has 0 aliphatic carbocycles. The molecule has 0 aromatic heterocycles. The van der Waals surface area contributed by atoms with Crippen molar-refractivity contribution in [3.63, 3.8) is 0 Å². The molecule has 2 rings (SSSR count). The largest absolute Gasteiger partial charge is 0.573 e. The van der Waals surface area contributed by atoms with Crippen LogP contribution in [0.3, 0.4) is 0 Å². The maximum Gasteiger partial charge on any atom is 0.573 e. The van der Waals surface area contributed by atoms with Gasteiger partial charge < -0.3 is 14.8 Å². The molecular formula is C11H11BrF3NO2. The summed E-state index contributed by atoms with van der Waals surface area (Å²) >= 11 is 3.03. The van der Waals surface area contributed by atoms with E-state index < -0.39 is 6.36 Å². The minimum atomic E-state index is -4.69. The van der Waals surface area contributed by atoms with Gasteiger partial charge >= 0.3 is 6.36 Å². The molecule has 1 aliphatic heterocycles. The Kier molecular flexibility index (Phi) is 4.01. The van der Waals surface area contributed by atoms with Gasteiger partial charge in [-0.3, -0.25) is 0 Å². The number of rotatable bonds is 3. The van der Waals surface area contributed by atoms with Crippen LogP contribution in [0, 0.1) is 0 Å². The number of hydrogen-bond donors (Lipinski definition) is 1. The van der Waals surface area contributed by atoms with E-state index in [-0.39, 0.29) is 16.3 Å². The molecule has 0 radical (unpaired) electrons. The lowest BCUT2D eigenvalue weighted by atomic mass is 10.3. The van der Waals surface area contributed by atoms with Gasteiger partial charge in [-0.1, -0.05) is 0 Å². The Morgan fingerprint density at radius 3 is 2.67 bits per heavy atom. The van der Waals surface area contributed by atoms with Crippen LogP contribution in [0.1, 0.15) is 6.42 Å². The molecule has 0 spiro atoms. The molecule has 1 fully saturated rings. The maximum atomic E-state index is 12.1. The third-order valence-corrected chi connectivity index (χ3v) is 3.07. The summed E-state index contributed by atoms with van der Waals surface area (Å²) in [4.78, 5) is 0. The Balaban J connectivity index is 2.04. The van der Waals surface area contributed by atoms with Gasteiger partial charge in [0.2, 0.25) is 0 Å². The van der Waals surface area contributed by atoms with Gasteiger partial charge in [0.25, 0.3) is 0 Å². The Bertz CT molecular complexity index is 419. The van der Waals surface area contributed by atoms with Crippen molar-refractivity contribution in [2.45, 2.75) is 18.9 Å². The minimum absolute atomic E-state index is 0.0614. The molecule has 1 aliphatic rings. The summed E-state index contributed by atoms with van der Waals surface area (Å²) in [7, 11) is 0. The van der Waals surface area contributed by atoms with E-state index in [1.807, 2.05) is 0 Å². The minimum Gasteiger partial charge on any atom is -0.489 e. The van der Waals surface area contributed by atoms with E-state index in [0.717, 1.165) is 19.5 Å². The number of nitrogens with one attached hydrogen (secondary N) is 1. The SMILES string of the molecule is FC(F)(F)Oc1ccc(O[C@@H]2CCNC2)cc1Br. The van der Waals surface area contributed by atoms with Crippen molar-refractivity contribution in [1.82, 2.24) is 5.32 Å². The highest BCUT2D eigenvalue weighted by atomic mass is 79.9. The number of hydrogen-bond acceptors (Lipinski definition) is 3. The summed E-state index contributed by atoms with van der Waals surface area (Å²) in [6.45, 7) is 1.64. The highest BCUT2D eigenvalue weighted by Crippen LogP contribution is 2.33. The molecule has 3 nitrogen and oxygen atoms in total. The standard InChI is InChI=1S/C11H11BrF3NO2/c12-9-5-7(17-8-3-4-16-6-8)1-2-10(9)18-11(13,14)15/h1-2,5,8,16H,3-4,6H2/t8-/m1/s1. The fourth-order valence-electron chi connectivity index (χ4n) is 1.68. The molecule has 1 heterocycles. The van der Waals surface area contributed by atoms with E-state index in [1.54, 1.807) is 0 Å². The second-order valence-electron chi connectivity index (χ2n) is 3.87. The zero-order chi connectivity index (χ0) is 13.2. The van der Waals surface area contributed by atoms with Crippen LogP contribution in [0.2, 0.25) is 0 Å². The van der Waals surface area contributed by atoms with Crippen molar-refractivity contribution in [2.75, 3.05) is 13.1 Å². The van der Waals surface area contributed by atoms with E-state index in [0.29, 0.717) is 5.75 Å². The van der Waals surface area contributed by atoms with Crippen LogP contribution in [0.4, 0.5) is 13.2 Å².